The second-order valence-electron chi connectivity index (χ2n) is 8.97. The van der Waals surface area contributed by atoms with Crippen molar-refractivity contribution in [3.05, 3.63) is 46.4 Å². The third-order valence-electron chi connectivity index (χ3n) is 6.92. The van der Waals surface area contributed by atoms with Crippen molar-refractivity contribution in [1.82, 2.24) is 24.7 Å². The zero-order valence-electron chi connectivity index (χ0n) is 17.7. The molecule has 0 spiro atoms. The molecule has 0 atom stereocenters. The Morgan fingerprint density at radius 3 is 2.48 bits per heavy atom. The number of rotatable bonds is 6. The minimum absolute atomic E-state index is 0.00584. The summed E-state index contributed by atoms with van der Waals surface area (Å²) in [5.74, 6) is 0.753. The fraction of sp³-hybridized carbons (Fsp3) is 0.522. The zero-order valence-corrected chi connectivity index (χ0v) is 17.7. The number of nitrogens with one attached hydrogen (secondary N) is 2. The van der Waals surface area contributed by atoms with Crippen molar-refractivity contribution in [1.29, 1.82) is 0 Å². The van der Waals surface area contributed by atoms with Gasteiger partial charge in [0.05, 0.1) is 11.0 Å². The zero-order chi connectivity index (χ0) is 21.5. The first-order chi connectivity index (χ1) is 15.0. The Hall–Kier alpha value is -2.87. The fourth-order valence-corrected chi connectivity index (χ4v) is 4.82. The lowest BCUT2D eigenvalue weighted by molar-refractivity contribution is -0.136. The van der Waals surface area contributed by atoms with Crippen LogP contribution < -0.4 is 5.69 Å². The predicted octanol–water partition coefficient (Wildman–Crippen LogP) is 1.21. The molecule has 1 aromatic heterocycles. The van der Waals surface area contributed by atoms with E-state index in [1.165, 1.54) is 24.5 Å². The lowest BCUT2D eigenvalue weighted by Crippen LogP contribution is -2.64. The van der Waals surface area contributed by atoms with Crippen LogP contribution in [0.1, 0.15) is 36.3 Å². The number of carbonyl (C=O) groups excluding carboxylic acids is 2. The van der Waals surface area contributed by atoms with Gasteiger partial charge in [0.1, 0.15) is 0 Å². The third-order valence-corrected chi connectivity index (χ3v) is 6.92. The molecule has 1 saturated carbocycles. The maximum atomic E-state index is 12.8. The number of H-pyrrole nitrogens is 2. The van der Waals surface area contributed by atoms with Crippen LogP contribution in [0, 0.1) is 0 Å². The Labute approximate surface area is 180 Å². The highest BCUT2D eigenvalue weighted by Gasteiger charge is 2.35. The molecule has 3 heterocycles. The molecule has 164 valence electrons. The number of carbonyl (C=O) groups is 2. The Morgan fingerprint density at radius 2 is 1.81 bits per heavy atom. The van der Waals surface area contributed by atoms with Gasteiger partial charge in [-0.2, -0.15) is 0 Å². The lowest BCUT2D eigenvalue weighted by atomic mass is 10.0. The molecule has 2 saturated heterocycles. The van der Waals surface area contributed by atoms with E-state index in [4.69, 9.17) is 0 Å². The largest absolute Gasteiger partial charge is 0.340 e. The van der Waals surface area contributed by atoms with Crippen LogP contribution in [0.2, 0.25) is 0 Å². The highest BCUT2D eigenvalue weighted by Crippen LogP contribution is 2.41. The van der Waals surface area contributed by atoms with E-state index in [0.29, 0.717) is 24.8 Å². The average molecular weight is 424 g/mol. The monoisotopic (exact) mass is 423 g/mol. The van der Waals surface area contributed by atoms with Crippen LogP contribution in [0.3, 0.4) is 0 Å². The number of hydrogen-bond donors (Lipinski definition) is 2. The van der Waals surface area contributed by atoms with Crippen molar-refractivity contribution in [2.24, 2.45) is 0 Å². The molecule has 2 amide bonds. The predicted molar refractivity (Wildman–Crippen MR) is 118 cm³/mol. The summed E-state index contributed by atoms with van der Waals surface area (Å²) in [7, 11) is 0. The van der Waals surface area contributed by atoms with Gasteiger partial charge in [-0.3, -0.25) is 14.5 Å². The van der Waals surface area contributed by atoms with Crippen molar-refractivity contribution in [3.63, 3.8) is 0 Å². The number of amides is 2. The fourth-order valence-electron chi connectivity index (χ4n) is 4.82. The molecule has 0 radical (unpaired) electrons. The van der Waals surface area contributed by atoms with E-state index in [1.54, 1.807) is 4.90 Å². The van der Waals surface area contributed by atoms with Crippen molar-refractivity contribution < 1.29 is 9.59 Å². The molecule has 8 heteroatoms. The van der Waals surface area contributed by atoms with Gasteiger partial charge in [-0.1, -0.05) is 12.6 Å². The van der Waals surface area contributed by atoms with Crippen molar-refractivity contribution in [3.8, 4) is 0 Å². The molecular formula is C23H29N5O3. The van der Waals surface area contributed by atoms with Crippen LogP contribution >= 0.6 is 0 Å². The SMILES string of the molecule is C=CC(=O)N1CC(N2CCN(C(=O)CCc3cc(C4CC4)cc4[nH]c(=O)[nH]c34)CC2)C1. The topological polar surface area (TPSA) is 92.5 Å². The summed E-state index contributed by atoms with van der Waals surface area (Å²) in [4.78, 5) is 48.1. The van der Waals surface area contributed by atoms with E-state index < -0.39 is 0 Å². The standard InChI is InChI=1S/C23H29N5O3/c1-2-20(29)28-13-18(14-28)26-7-9-27(10-8-26)21(30)6-5-16-11-17(15-3-4-15)12-19-22(16)25-23(31)24-19/h2,11-12,15,18H,1,3-10,13-14H2,(H2,24,25,31). The molecule has 0 unspecified atom stereocenters. The van der Waals surface area contributed by atoms with Crippen LogP contribution in [0.25, 0.3) is 11.0 Å². The number of aromatic nitrogens is 2. The Bertz CT molecular complexity index is 1070. The molecule has 31 heavy (non-hydrogen) atoms. The van der Waals surface area contributed by atoms with E-state index in [9.17, 15) is 14.4 Å². The van der Waals surface area contributed by atoms with Crippen molar-refractivity contribution >= 4 is 22.8 Å². The molecule has 1 aromatic carbocycles. The van der Waals surface area contributed by atoms with Gasteiger partial charge in [-0.05, 0) is 48.4 Å². The summed E-state index contributed by atoms with van der Waals surface area (Å²) in [6.45, 7) is 8.18. The van der Waals surface area contributed by atoms with Crippen LogP contribution in [-0.2, 0) is 16.0 Å². The number of hydrogen-bond acceptors (Lipinski definition) is 4. The lowest BCUT2D eigenvalue weighted by Gasteiger charge is -2.47. The van der Waals surface area contributed by atoms with Gasteiger partial charge in [0, 0.05) is 51.7 Å². The number of nitrogens with zero attached hydrogens (tertiary/aromatic N) is 3. The van der Waals surface area contributed by atoms with Crippen LogP contribution in [0.15, 0.2) is 29.6 Å². The number of benzene rings is 1. The van der Waals surface area contributed by atoms with Gasteiger partial charge in [-0.15, -0.1) is 0 Å². The Kier molecular flexibility index (Phi) is 5.17. The number of piperazine rings is 1. The maximum Gasteiger partial charge on any atom is 0.323 e. The molecule has 1 aliphatic carbocycles. The summed E-state index contributed by atoms with van der Waals surface area (Å²) < 4.78 is 0. The summed E-state index contributed by atoms with van der Waals surface area (Å²) in [6, 6.07) is 4.63. The Balaban J connectivity index is 1.16. The molecule has 2 aromatic rings. The smallest absolute Gasteiger partial charge is 0.323 e. The van der Waals surface area contributed by atoms with E-state index in [0.717, 1.165) is 55.9 Å². The summed E-state index contributed by atoms with van der Waals surface area (Å²) in [5, 5.41) is 0. The van der Waals surface area contributed by atoms with Gasteiger partial charge in [0.25, 0.3) is 0 Å². The van der Waals surface area contributed by atoms with Crippen LogP contribution in [0.4, 0.5) is 0 Å². The molecule has 2 N–H and O–H groups in total. The van der Waals surface area contributed by atoms with E-state index >= 15 is 0 Å². The Morgan fingerprint density at radius 1 is 1.06 bits per heavy atom. The number of aryl methyl sites for hydroxylation is 1. The first kappa shape index (κ1) is 20.1. The van der Waals surface area contributed by atoms with E-state index in [1.807, 2.05) is 4.90 Å². The number of aromatic amines is 2. The normalized spacial score (nSPS) is 20.1. The molecule has 2 aliphatic heterocycles. The second kappa shape index (κ2) is 8.00. The summed E-state index contributed by atoms with van der Waals surface area (Å²) in [6.07, 6.45) is 4.84. The molecular weight excluding hydrogens is 394 g/mol. The summed E-state index contributed by atoms with van der Waals surface area (Å²) in [5.41, 5.74) is 3.79. The number of fused-ring (bicyclic) bond motifs is 1. The van der Waals surface area contributed by atoms with Crippen LogP contribution in [0.5, 0.6) is 0 Å². The molecule has 3 fully saturated rings. The second-order valence-corrected chi connectivity index (χ2v) is 8.97. The first-order valence-electron chi connectivity index (χ1n) is 11.2. The number of imidazole rings is 1. The highest BCUT2D eigenvalue weighted by atomic mass is 16.2. The first-order valence-corrected chi connectivity index (χ1v) is 11.2. The van der Waals surface area contributed by atoms with Gasteiger partial charge in [0.15, 0.2) is 0 Å². The molecule has 8 nitrogen and oxygen atoms in total. The average Bonchev–Trinajstić information content (AvgIpc) is 3.52. The quantitative estimate of drug-likeness (QED) is 0.683. The van der Waals surface area contributed by atoms with Gasteiger partial charge < -0.3 is 19.8 Å². The maximum absolute atomic E-state index is 12.8. The van der Waals surface area contributed by atoms with E-state index in [-0.39, 0.29) is 17.5 Å². The molecule has 5 rings (SSSR count). The van der Waals surface area contributed by atoms with Gasteiger partial charge >= 0.3 is 5.69 Å². The van der Waals surface area contributed by atoms with E-state index in [2.05, 4.69) is 33.6 Å². The molecule has 0 bridgehead atoms. The van der Waals surface area contributed by atoms with Crippen LogP contribution in [-0.4, -0.2) is 81.8 Å². The molecule has 3 aliphatic rings. The van der Waals surface area contributed by atoms with Crippen molar-refractivity contribution in [2.75, 3.05) is 39.3 Å². The highest BCUT2D eigenvalue weighted by molar-refractivity contribution is 5.87. The minimum Gasteiger partial charge on any atom is -0.340 e. The third kappa shape index (κ3) is 4.04. The minimum atomic E-state index is -0.198. The van der Waals surface area contributed by atoms with Crippen molar-refractivity contribution in [2.45, 2.75) is 37.6 Å². The van der Waals surface area contributed by atoms with Gasteiger partial charge in [0.2, 0.25) is 11.8 Å². The van der Waals surface area contributed by atoms with Gasteiger partial charge in [-0.25, -0.2) is 4.79 Å². The summed E-state index contributed by atoms with van der Waals surface area (Å²) >= 11 is 0. The number of likely N-dealkylation sites (tertiary alicyclic amines) is 1.